The van der Waals surface area contributed by atoms with E-state index >= 15 is 0 Å². The molecule has 1 aromatic carbocycles. The zero-order valence-corrected chi connectivity index (χ0v) is 17.2. The van der Waals surface area contributed by atoms with E-state index in [4.69, 9.17) is 4.74 Å². The smallest absolute Gasteiger partial charge is 0.258 e. The normalized spacial score (nSPS) is 29.1. The van der Waals surface area contributed by atoms with E-state index < -0.39 is 19.5 Å². The van der Waals surface area contributed by atoms with Crippen LogP contribution in [0.1, 0.15) is 51.7 Å². The summed E-state index contributed by atoms with van der Waals surface area (Å²) in [5.74, 6) is 0.127. The molecule has 1 fully saturated rings. The number of allylic oxidation sites excluding steroid dienone is 1. The van der Waals surface area contributed by atoms with E-state index in [9.17, 15) is 4.79 Å². The summed E-state index contributed by atoms with van der Waals surface area (Å²) in [6.07, 6.45) is 6.95. The van der Waals surface area contributed by atoms with Crippen LogP contribution in [0.25, 0.3) is 0 Å². The van der Waals surface area contributed by atoms with Gasteiger partial charge in [0.1, 0.15) is 13.4 Å². The number of amides is 1. The Morgan fingerprint density at radius 1 is 1.16 bits per heavy atom. The first-order chi connectivity index (χ1) is 11.7. The van der Waals surface area contributed by atoms with Gasteiger partial charge in [0.15, 0.2) is 6.10 Å². The Balaban J connectivity index is 2.11. The lowest BCUT2D eigenvalue weighted by Gasteiger charge is -2.53. The molecule has 0 bridgehead atoms. The van der Waals surface area contributed by atoms with Gasteiger partial charge in [0.2, 0.25) is 0 Å². The van der Waals surface area contributed by atoms with E-state index in [1.807, 2.05) is 30.3 Å². The van der Waals surface area contributed by atoms with Crippen molar-refractivity contribution in [3.05, 3.63) is 48.0 Å². The van der Waals surface area contributed by atoms with E-state index in [1.54, 1.807) is 0 Å². The fourth-order valence-electron chi connectivity index (χ4n) is 4.04. The van der Waals surface area contributed by atoms with Gasteiger partial charge in [-0.15, -0.1) is 0 Å². The van der Waals surface area contributed by atoms with Crippen LogP contribution in [0, 0.1) is 0 Å². The molecule has 136 valence electrons. The number of ether oxygens (including phenoxy) is 1. The van der Waals surface area contributed by atoms with Crippen molar-refractivity contribution < 1.29 is 9.53 Å². The Morgan fingerprint density at radius 2 is 1.84 bits per heavy atom. The van der Waals surface area contributed by atoms with Gasteiger partial charge in [-0.25, -0.2) is 0 Å². The van der Waals surface area contributed by atoms with Crippen molar-refractivity contribution in [1.29, 1.82) is 0 Å². The number of fused-ring (bicyclic) bond motifs is 1. The second kappa shape index (κ2) is 6.40. The van der Waals surface area contributed by atoms with Crippen LogP contribution < -0.4 is 0 Å². The summed E-state index contributed by atoms with van der Waals surface area (Å²) >= 11 is 0. The Morgan fingerprint density at radius 3 is 2.48 bits per heavy atom. The number of nitrogens with zero attached hydrogens (tertiary/aromatic N) is 1. The van der Waals surface area contributed by atoms with Gasteiger partial charge in [-0.05, 0) is 29.9 Å². The first-order valence-electron chi connectivity index (χ1n) is 9.40. The maximum Gasteiger partial charge on any atom is 0.258 e. The van der Waals surface area contributed by atoms with Crippen LogP contribution in [0.15, 0.2) is 42.5 Å². The van der Waals surface area contributed by atoms with Crippen molar-refractivity contribution in [3.63, 3.8) is 0 Å². The summed E-state index contributed by atoms with van der Waals surface area (Å²) in [6, 6.07) is 9.98. The standard InChI is InChI=1S/C21H31NO2Si/c1-20(2,3)25(4,5)21-15-11-6-7-12-16-22(21)19(23)18(24-21)17-13-9-8-10-14-17/h7-10,12-14,18H,6,11,15-16H2,1-5H3/b12-7-. The van der Waals surface area contributed by atoms with Crippen molar-refractivity contribution in [1.82, 2.24) is 4.90 Å². The maximum atomic E-state index is 13.4. The molecule has 4 heteroatoms. The molecule has 3 nitrogen and oxygen atoms in total. The second-order valence-electron chi connectivity index (χ2n) is 8.88. The second-order valence-corrected chi connectivity index (χ2v) is 14.4. The van der Waals surface area contributed by atoms with Gasteiger partial charge in [-0.2, -0.15) is 0 Å². The SMILES string of the molecule is CC(C)(C)[Si](C)(C)C12CCC/C=C\CN1C(=O)C(c1ccccc1)O2. The molecular weight excluding hydrogens is 326 g/mol. The summed E-state index contributed by atoms with van der Waals surface area (Å²) in [5.41, 5.74) is 0.973. The van der Waals surface area contributed by atoms with Crippen LogP contribution in [0.2, 0.25) is 18.1 Å². The maximum absolute atomic E-state index is 13.4. The number of hydrogen-bond acceptors (Lipinski definition) is 2. The Kier molecular flexibility index (Phi) is 4.71. The molecule has 0 aliphatic carbocycles. The van der Waals surface area contributed by atoms with E-state index in [0.29, 0.717) is 6.54 Å². The van der Waals surface area contributed by atoms with Gasteiger partial charge in [-0.3, -0.25) is 4.79 Å². The van der Waals surface area contributed by atoms with Gasteiger partial charge in [0, 0.05) is 6.54 Å². The molecule has 2 aliphatic rings. The molecule has 2 unspecified atom stereocenters. The predicted molar refractivity (Wildman–Crippen MR) is 105 cm³/mol. The van der Waals surface area contributed by atoms with Crippen LogP contribution in [0.3, 0.4) is 0 Å². The van der Waals surface area contributed by atoms with Crippen molar-refractivity contribution in [3.8, 4) is 0 Å². The Labute approximate surface area is 153 Å². The van der Waals surface area contributed by atoms with Gasteiger partial charge >= 0.3 is 0 Å². The van der Waals surface area contributed by atoms with E-state index in [0.717, 1.165) is 24.8 Å². The highest BCUT2D eigenvalue weighted by atomic mass is 28.3. The highest BCUT2D eigenvalue weighted by Gasteiger charge is 2.63. The lowest BCUT2D eigenvalue weighted by Crippen LogP contribution is -2.67. The van der Waals surface area contributed by atoms with E-state index in [1.165, 1.54) is 0 Å². The Bertz CT molecular complexity index is 662. The average Bonchev–Trinajstić information content (AvgIpc) is 2.80. The van der Waals surface area contributed by atoms with E-state index in [-0.39, 0.29) is 10.9 Å². The molecule has 0 spiro atoms. The number of carbonyl (C=O) groups is 1. The third kappa shape index (κ3) is 2.89. The van der Waals surface area contributed by atoms with Crippen molar-refractivity contribution in [2.24, 2.45) is 0 Å². The van der Waals surface area contributed by atoms with Crippen molar-refractivity contribution in [2.45, 2.75) is 69.6 Å². The van der Waals surface area contributed by atoms with E-state index in [2.05, 4.69) is 50.9 Å². The molecule has 25 heavy (non-hydrogen) atoms. The predicted octanol–water partition coefficient (Wildman–Crippen LogP) is 5.07. The average molecular weight is 358 g/mol. The monoisotopic (exact) mass is 357 g/mol. The minimum Gasteiger partial charge on any atom is -0.341 e. The highest BCUT2D eigenvalue weighted by Crippen LogP contribution is 2.53. The van der Waals surface area contributed by atoms with Gasteiger partial charge in [0.25, 0.3) is 5.91 Å². The van der Waals surface area contributed by atoms with Crippen molar-refractivity contribution >= 4 is 14.0 Å². The zero-order valence-electron chi connectivity index (χ0n) is 16.2. The Hall–Kier alpha value is -1.39. The lowest BCUT2D eigenvalue weighted by molar-refractivity contribution is -0.130. The molecular formula is C21H31NO2Si. The number of benzene rings is 1. The summed E-state index contributed by atoms with van der Waals surface area (Å²) in [6.45, 7) is 12.4. The number of carbonyl (C=O) groups excluding carboxylic acids is 1. The van der Waals surface area contributed by atoms with Crippen LogP contribution in [-0.4, -0.2) is 30.8 Å². The van der Waals surface area contributed by atoms with Crippen LogP contribution >= 0.6 is 0 Å². The quantitative estimate of drug-likeness (QED) is 0.546. The first kappa shape index (κ1) is 18.4. The minimum atomic E-state index is -1.98. The number of rotatable bonds is 2. The topological polar surface area (TPSA) is 29.5 Å². The third-order valence-electron chi connectivity index (χ3n) is 6.53. The molecule has 0 radical (unpaired) electrons. The summed E-state index contributed by atoms with van der Waals surface area (Å²) in [5, 5.41) is -0.298. The molecule has 0 aromatic heterocycles. The molecule has 1 amide bonds. The van der Waals surface area contributed by atoms with Crippen LogP contribution in [0.4, 0.5) is 0 Å². The molecule has 1 saturated heterocycles. The molecule has 0 N–H and O–H groups in total. The molecule has 2 atom stereocenters. The van der Waals surface area contributed by atoms with Crippen LogP contribution in [-0.2, 0) is 9.53 Å². The fourth-order valence-corrected chi connectivity index (χ4v) is 7.30. The molecule has 2 aliphatic heterocycles. The molecule has 1 aromatic rings. The minimum absolute atomic E-state index is 0.127. The highest BCUT2D eigenvalue weighted by molar-refractivity contribution is 6.83. The van der Waals surface area contributed by atoms with Gasteiger partial charge in [0.05, 0.1) is 0 Å². The molecule has 0 saturated carbocycles. The van der Waals surface area contributed by atoms with Crippen LogP contribution in [0.5, 0.6) is 0 Å². The van der Waals surface area contributed by atoms with Gasteiger partial charge < -0.3 is 9.64 Å². The van der Waals surface area contributed by atoms with Gasteiger partial charge in [-0.1, -0.05) is 76.3 Å². The zero-order chi connectivity index (χ0) is 18.3. The van der Waals surface area contributed by atoms with Crippen molar-refractivity contribution in [2.75, 3.05) is 6.54 Å². The largest absolute Gasteiger partial charge is 0.341 e. The number of hydrogen-bond donors (Lipinski definition) is 0. The fraction of sp³-hybridized carbons (Fsp3) is 0.571. The molecule has 2 heterocycles. The third-order valence-corrected chi connectivity index (χ3v) is 12.9. The summed E-state index contributed by atoms with van der Waals surface area (Å²) in [7, 11) is -1.98. The molecule has 3 rings (SSSR count). The summed E-state index contributed by atoms with van der Waals surface area (Å²) in [4.78, 5) is 15.4. The lowest BCUT2D eigenvalue weighted by atomic mass is 10.1. The first-order valence-corrected chi connectivity index (χ1v) is 12.4. The summed E-state index contributed by atoms with van der Waals surface area (Å²) < 4.78 is 6.78.